The van der Waals surface area contributed by atoms with Crippen LogP contribution in [0.2, 0.25) is 0 Å². The van der Waals surface area contributed by atoms with Crippen LogP contribution in [0.4, 0.5) is 0 Å². The first-order chi connectivity index (χ1) is 9.22. The van der Waals surface area contributed by atoms with Gasteiger partial charge in [0.1, 0.15) is 6.10 Å². The summed E-state index contributed by atoms with van der Waals surface area (Å²) in [5.74, 6) is -3.96. The Morgan fingerprint density at radius 1 is 1.15 bits per heavy atom. The molecule has 0 amide bonds. The van der Waals surface area contributed by atoms with Crippen molar-refractivity contribution in [3.63, 3.8) is 0 Å². The second-order valence-corrected chi connectivity index (χ2v) is 6.92. The van der Waals surface area contributed by atoms with Crippen molar-refractivity contribution in [2.75, 3.05) is 35.0 Å². The minimum atomic E-state index is -3.70. The molecule has 9 heteroatoms. The minimum Gasteiger partial charge on any atom is -0.378 e. The maximum atomic E-state index is 12.2. The fourth-order valence-corrected chi connectivity index (χ4v) is 3.06. The molecule has 0 bridgehead atoms. The lowest BCUT2D eigenvalue weighted by Gasteiger charge is -2.49. The molecule has 120 valence electrons. The van der Waals surface area contributed by atoms with Gasteiger partial charge in [0.25, 0.3) is 0 Å². The Morgan fingerprint density at radius 3 is 2.05 bits per heavy atom. The van der Waals surface area contributed by atoms with Crippen molar-refractivity contribution in [1.82, 2.24) is 0 Å². The lowest BCUT2D eigenvalue weighted by molar-refractivity contribution is -0.434. The lowest BCUT2D eigenvalue weighted by Crippen LogP contribution is -2.64. The van der Waals surface area contributed by atoms with Gasteiger partial charge in [-0.1, -0.05) is 0 Å². The molecule has 0 aromatic carbocycles. The molecule has 0 spiro atoms. The van der Waals surface area contributed by atoms with Crippen LogP contribution in [-0.2, 0) is 32.6 Å². The van der Waals surface area contributed by atoms with Crippen molar-refractivity contribution in [3.8, 4) is 0 Å². The molecule has 1 heterocycles. The van der Waals surface area contributed by atoms with Gasteiger partial charge in [-0.2, -0.15) is 0 Å². The fraction of sp³-hybridized carbons (Fsp3) is 1.00. The summed E-state index contributed by atoms with van der Waals surface area (Å²) < 4.78 is 43.5. The van der Waals surface area contributed by atoms with Gasteiger partial charge in [0.15, 0.2) is 5.85 Å². The Balaban J connectivity index is 2.96. The maximum Gasteiger partial charge on any atom is 0.361 e. The molecule has 0 saturated carbocycles. The van der Waals surface area contributed by atoms with E-state index in [1.807, 2.05) is 0 Å². The summed E-state index contributed by atoms with van der Waals surface area (Å²) in [6.45, 7) is 3.19. The van der Waals surface area contributed by atoms with E-state index in [0.717, 1.165) is 0 Å². The van der Waals surface area contributed by atoms with Crippen LogP contribution < -0.4 is 0 Å². The van der Waals surface area contributed by atoms with Crippen LogP contribution in [0.15, 0.2) is 0 Å². The minimum absolute atomic E-state index is 0.0544. The van der Waals surface area contributed by atoms with Crippen LogP contribution >= 0.6 is 7.60 Å². The first-order valence-corrected chi connectivity index (χ1v) is 7.64. The molecule has 0 aromatic rings. The zero-order valence-electron chi connectivity index (χ0n) is 12.6. The van der Waals surface area contributed by atoms with Gasteiger partial charge in [0.05, 0.1) is 6.61 Å². The van der Waals surface area contributed by atoms with Crippen LogP contribution in [0, 0.1) is 0 Å². The Morgan fingerprint density at radius 2 is 1.65 bits per heavy atom. The van der Waals surface area contributed by atoms with Gasteiger partial charge in [-0.15, -0.1) is 0 Å². The van der Waals surface area contributed by atoms with Gasteiger partial charge in [0, 0.05) is 28.4 Å². The largest absolute Gasteiger partial charge is 0.378 e. The molecule has 1 saturated heterocycles. The molecule has 1 aliphatic heterocycles. The molecular formula is C11H23O8P. The fourth-order valence-electron chi connectivity index (χ4n) is 1.92. The number of ether oxygens (including phenoxy) is 4. The highest BCUT2D eigenvalue weighted by Crippen LogP contribution is 2.53. The average Bonchev–Trinajstić information content (AvgIpc) is 2.48. The third-order valence-electron chi connectivity index (χ3n) is 3.67. The van der Waals surface area contributed by atoms with Crippen molar-refractivity contribution in [2.24, 2.45) is 0 Å². The molecule has 4 atom stereocenters. The zero-order valence-corrected chi connectivity index (χ0v) is 13.5. The smallest absolute Gasteiger partial charge is 0.361 e. The van der Waals surface area contributed by atoms with Crippen molar-refractivity contribution < 1.29 is 37.7 Å². The van der Waals surface area contributed by atoms with E-state index in [-0.39, 0.29) is 6.61 Å². The first-order valence-electron chi connectivity index (χ1n) is 6.03. The normalized spacial score (nSPS) is 36.9. The molecular weight excluding hydrogens is 291 g/mol. The summed E-state index contributed by atoms with van der Waals surface area (Å²) >= 11 is 0. The SMILES string of the molecule is CO[C@]1(C)OC[C@H]([C@@H](O)P(=O)(OC)OC)O[C@@]1(C)OC. The predicted octanol–water partition coefficient (Wildman–Crippen LogP) is 0.931. The Labute approximate surface area is 118 Å². The average molecular weight is 314 g/mol. The van der Waals surface area contributed by atoms with E-state index in [1.54, 1.807) is 13.8 Å². The lowest BCUT2D eigenvalue weighted by atomic mass is 10.1. The number of aliphatic hydroxyl groups excluding tert-OH is 1. The second kappa shape index (κ2) is 6.37. The van der Waals surface area contributed by atoms with Crippen molar-refractivity contribution in [3.05, 3.63) is 0 Å². The van der Waals surface area contributed by atoms with Crippen LogP contribution in [0.1, 0.15) is 13.8 Å². The van der Waals surface area contributed by atoms with Crippen LogP contribution in [0.25, 0.3) is 0 Å². The van der Waals surface area contributed by atoms with Crippen LogP contribution in [0.3, 0.4) is 0 Å². The Kier molecular flexibility index (Phi) is 5.74. The molecule has 1 rings (SSSR count). The standard InChI is InChI=1S/C11H23O8P/c1-10(14-3)11(2,15-4)19-8(7-18-10)9(12)20(13,16-5)17-6/h8-9,12H,7H2,1-6H3/t8-,9+,10-,11-/m1/s1. The number of methoxy groups -OCH3 is 2. The molecule has 8 nitrogen and oxygen atoms in total. The summed E-state index contributed by atoms with van der Waals surface area (Å²) in [6.07, 6.45) is -0.950. The highest BCUT2D eigenvalue weighted by molar-refractivity contribution is 7.54. The third-order valence-corrected chi connectivity index (χ3v) is 5.67. The number of hydrogen-bond acceptors (Lipinski definition) is 8. The van der Waals surface area contributed by atoms with Gasteiger partial charge in [0.2, 0.25) is 11.6 Å². The van der Waals surface area contributed by atoms with Gasteiger partial charge < -0.3 is 33.1 Å². The quantitative estimate of drug-likeness (QED) is 0.724. The molecule has 1 fully saturated rings. The Bertz CT molecular complexity index is 369. The van der Waals surface area contributed by atoms with Crippen molar-refractivity contribution >= 4 is 7.60 Å². The topological polar surface area (TPSA) is 92.7 Å². The molecule has 1 aliphatic rings. The summed E-state index contributed by atoms with van der Waals surface area (Å²) in [7, 11) is 1.54. The van der Waals surface area contributed by atoms with E-state index in [4.69, 9.17) is 28.0 Å². The molecule has 1 N–H and O–H groups in total. The highest BCUT2D eigenvalue weighted by atomic mass is 31.2. The molecule has 0 aromatic heterocycles. The maximum absolute atomic E-state index is 12.2. The third kappa shape index (κ3) is 2.93. The Hall–Kier alpha value is -0.0500. The molecule has 0 unspecified atom stereocenters. The molecule has 0 radical (unpaired) electrons. The molecule has 20 heavy (non-hydrogen) atoms. The van der Waals surface area contributed by atoms with E-state index < -0.39 is 31.1 Å². The monoisotopic (exact) mass is 314 g/mol. The van der Waals surface area contributed by atoms with E-state index in [1.165, 1.54) is 28.4 Å². The first kappa shape index (κ1) is 18.0. The number of hydrogen-bond donors (Lipinski definition) is 1. The van der Waals surface area contributed by atoms with Gasteiger partial charge in [-0.05, 0) is 13.8 Å². The van der Waals surface area contributed by atoms with E-state index in [2.05, 4.69) is 0 Å². The summed E-state index contributed by atoms with van der Waals surface area (Å²) in [4.78, 5) is 0. The summed E-state index contributed by atoms with van der Waals surface area (Å²) in [6, 6.07) is 0. The number of rotatable bonds is 6. The number of aliphatic hydroxyl groups is 1. The van der Waals surface area contributed by atoms with Crippen LogP contribution in [0.5, 0.6) is 0 Å². The van der Waals surface area contributed by atoms with Crippen molar-refractivity contribution in [2.45, 2.75) is 37.4 Å². The van der Waals surface area contributed by atoms with Gasteiger partial charge in [-0.25, -0.2) is 0 Å². The van der Waals surface area contributed by atoms with Crippen molar-refractivity contribution in [1.29, 1.82) is 0 Å². The van der Waals surface area contributed by atoms with Gasteiger partial charge in [-0.3, -0.25) is 4.57 Å². The van der Waals surface area contributed by atoms with E-state index in [0.29, 0.717) is 0 Å². The summed E-state index contributed by atoms with van der Waals surface area (Å²) in [5.41, 5.74) is 0. The second-order valence-electron chi connectivity index (χ2n) is 4.59. The van der Waals surface area contributed by atoms with Crippen LogP contribution in [-0.4, -0.2) is 63.7 Å². The summed E-state index contributed by atoms with van der Waals surface area (Å²) in [5, 5.41) is 10.1. The van der Waals surface area contributed by atoms with E-state index >= 15 is 0 Å². The highest BCUT2D eigenvalue weighted by Gasteiger charge is 2.56. The van der Waals surface area contributed by atoms with Gasteiger partial charge >= 0.3 is 7.60 Å². The zero-order chi connectivity index (χ0) is 15.6. The predicted molar refractivity (Wildman–Crippen MR) is 69.3 cm³/mol. The molecule has 0 aliphatic carbocycles. The van der Waals surface area contributed by atoms with E-state index in [9.17, 15) is 9.67 Å².